The van der Waals surface area contributed by atoms with E-state index in [2.05, 4.69) is 16.3 Å². The molecule has 0 fully saturated rings. The van der Waals surface area contributed by atoms with Crippen molar-refractivity contribution in [2.75, 3.05) is 7.11 Å². The van der Waals surface area contributed by atoms with Gasteiger partial charge in [0.05, 0.1) is 24.3 Å². The van der Waals surface area contributed by atoms with Gasteiger partial charge >= 0.3 is 0 Å². The molecule has 1 aliphatic rings. The van der Waals surface area contributed by atoms with E-state index >= 15 is 0 Å². The highest BCUT2D eigenvalue weighted by Gasteiger charge is 2.35. The molecule has 1 atom stereocenters. The Kier molecular flexibility index (Phi) is 3.67. The molecule has 0 aliphatic carbocycles. The van der Waals surface area contributed by atoms with Gasteiger partial charge < -0.3 is 15.2 Å². The summed E-state index contributed by atoms with van der Waals surface area (Å²) in [6, 6.07) is 11.8. The van der Waals surface area contributed by atoms with Crippen LogP contribution >= 0.6 is 11.3 Å². The van der Waals surface area contributed by atoms with E-state index in [-0.39, 0.29) is 11.8 Å². The Hall–Kier alpha value is -3.24. The fraction of sp³-hybridized carbons (Fsp3) is 0.111. The molecule has 4 rings (SSSR count). The van der Waals surface area contributed by atoms with Crippen LogP contribution in [0.4, 0.5) is 0 Å². The van der Waals surface area contributed by atoms with Gasteiger partial charge in [0.25, 0.3) is 0 Å². The third kappa shape index (κ3) is 2.44. The van der Waals surface area contributed by atoms with Crippen LogP contribution in [-0.4, -0.2) is 17.3 Å². The summed E-state index contributed by atoms with van der Waals surface area (Å²) >= 11 is 1.57. The summed E-state index contributed by atoms with van der Waals surface area (Å²) in [5.41, 5.74) is 9.88. The van der Waals surface area contributed by atoms with Crippen molar-refractivity contribution in [2.45, 2.75) is 5.92 Å². The number of nitrogens with zero attached hydrogens (tertiary/aromatic N) is 2. The second kappa shape index (κ2) is 6.00. The maximum absolute atomic E-state index is 9.61. The minimum atomic E-state index is -0.309. The van der Waals surface area contributed by atoms with Crippen LogP contribution in [0.3, 0.4) is 0 Å². The first-order valence-electron chi connectivity index (χ1n) is 7.55. The molecule has 0 bridgehead atoms. The van der Waals surface area contributed by atoms with Gasteiger partial charge in [-0.3, -0.25) is 5.10 Å². The predicted octanol–water partition coefficient (Wildman–Crippen LogP) is 3.36. The molecule has 3 heterocycles. The summed E-state index contributed by atoms with van der Waals surface area (Å²) in [6.45, 7) is 0. The number of H-pyrrole nitrogens is 1. The van der Waals surface area contributed by atoms with E-state index in [0.29, 0.717) is 11.5 Å². The average molecular weight is 350 g/mol. The van der Waals surface area contributed by atoms with Gasteiger partial charge in [0, 0.05) is 5.56 Å². The Bertz CT molecular complexity index is 981. The Morgan fingerprint density at radius 1 is 1.32 bits per heavy atom. The molecule has 0 saturated heterocycles. The SMILES string of the molecule is COc1ccc(-c2[nH]nc3c2[C@H](c2ccsc2)C(C#N)=C(N)O3)cc1. The number of aromatic amines is 1. The minimum Gasteiger partial charge on any atom is -0.497 e. The first-order chi connectivity index (χ1) is 12.2. The number of ether oxygens (including phenoxy) is 2. The number of allylic oxidation sites excluding steroid dienone is 1. The van der Waals surface area contributed by atoms with Gasteiger partial charge in [0.15, 0.2) is 0 Å². The highest BCUT2D eigenvalue weighted by Crippen LogP contribution is 2.46. The number of nitrogens with two attached hydrogens (primary N) is 1. The van der Waals surface area contributed by atoms with Crippen molar-refractivity contribution in [1.29, 1.82) is 5.26 Å². The maximum Gasteiger partial charge on any atom is 0.244 e. The Labute approximate surface area is 148 Å². The van der Waals surface area contributed by atoms with Gasteiger partial charge in [-0.25, -0.2) is 0 Å². The lowest BCUT2D eigenvalue weighted by atomic mass is 9.84. The van der Waals surface area contributed by atoms with Crippen molar-refractivity contribution in [1.82, 2.24) is 10.2 Å². The molecule has 1 aliphatic heterocycles. The summed E-state index contributed by atoms with van der Waals surface area (Å²) in [7, 11) is 1.63. The number of nitriles is 1. The number of thiophene rings is 1. The van der Waals surface area contributed by atoms with E-state index in [4.69, 9.17) is 15.2 Å². The molecule has 0 radical (unpaired) electrons. The molecule has 2 aromatic heterocycles. The number of methoxy groups -OCH3 is 1. The minimum absolute atomic E-state index is 0.0963. The van der Waals surface area contributed by atoms with Crippen LogP contribution in [0.2, 0.25) is 0 Å². The van der Waals surface area contributed by atoms with Gasteiger partial charge in [-0.1, -0.05) is 0 Å². The molecule has 7 heteroatoms. The summed E-state index contributed by atoms with van der Waals surface area (Å²) in [4.78, 5) is 0. The van der Waals surface area contributed by atoms with Crippen molar-refractivity contribution < 1.29 is 9.47 Å². The standard InChI is InChI=1S/C18H14N4O2S/c1-23-12-4-2-10(3-5-12)16-15-14(11-6-7-25-9-11)13(8-19)17(20)24-18(15)22-21-16/h2-7,9,14H,20H2,1H3,(H,21,22)/t14-/m1/s1. The second-order valence-corrected chi connectivity index (χ2v) is 6.31. The molecule has 0 spiro atoms. The monoisotopic (exact) mass is 350 g/mol. The fourth-order valence-corrected chi connectivity index (χ4v) is 3.68. The van der Waals surface area contributed by atoms with E-state index in [1.165, 1.54) is 0 Å². The van der Waals surface area contributed by atoms with Gasteiger partial charge in [-0.15, -0.1) is 5.10 Å². The van der Waals surface area contributed by atoms with Gasteiger partial charge in [-0.05, 0) is 46.7 Å². The molecule has 3 aromatic rings. The van der Waals surface area contributed by atoms with Crippen molar-refractivity contribution in [3.63, 3.8) is 0 Å². The molecule has 0 amide bonds. The van der Waals surface area contributed by atoms with Gasteiger partial charge in [0.2, 0.25) is 11.8 Å². The number of nitrogens with one attached hydrogen (secondary N) is 1. The first-order valence-corrected chi connectivity index (χ1v) is 8.49. The van der Waals surface area contributed by atoms with Crippen LogP contribution in [0.5, 0.6) is 11.6 Å². The van der Waals surface area contributed by atoms with Crippen LogP contribution in [-0.2, 0) is 0 Å². The molecule has 0 unspecified atom stereocenters. The number of fused-ring (bicyclic) bond motifs is 1. The number of hydrogen-bond acceptors (Lipinski definition) is 6. The summed E-state index contributed by atoms with van der Waals surface area (Å²) in [6.07, 6.45) is 0. The number of hydrogen-bond donors (Lipinski definition) is 2. The average Bonchev–Trinajstić information content (AvgIpc) is 3.30. The van der Waals surface area contributed by atoms with Crippen molar-refractivity contribution in [3.05, 3.63) is 63.7 Å². The molecular weight excluding hydrogens is 336 g/mol. The van der Waals surface area contributed by atoms with Gasteiger partial charge in [-0.2, -0.15) is 16.6 Å². The molecule has 124 valence electrons. The van der Waals surface area contributed by atoms with Crippen LogP contribution in [0.1, 0.15) is 17.0 Å². The van der Waals surface area contributed by atoms with Crippen LogP contribution in [0.15, 0.2) is 52.5 Å². The van der Waals surface area contributed by atoms with Crippen LogP contribution < -0.4 is 15.2 Å². The van der Waals surface area contributed by atoms with E-state index in [1.807, 2.05) is 41.1 Å². The van der Waals surface area contributed by atoms with E-state index in [0.717, 1.165) is 28.1 Å². The Balaban J connectivity index is 1.90. The lowest BCUT2D eigenvalue weighted by Crippen LogP contribution is -2.20. The van der Waals surface area contributed by atoms with Gasteiger partial charge in [0.1, 0.15) is 17.4 Å². The van der Waals surface area contributed by atoms with Crippen molar-refractivity contribution in [2.24, 2.45) is 5.73 Å². The van der Waals surface area contributed by atoms with Crippen LogP contribution in [0, 0.1) is 11.3 Å². The second-order valence-electron chi connectivity index (χ2n) is 5.53. The van der Waals surface area contributed by atoms with Crippen molar-refractivity contribution >= 4 is 11.3 Å². The smallest absolute Gasteiger partial charge is 0.244 e. The third-order valence-electron chi connectivity index (χ3n) is 4.19. The zero-order valence-electron chi connectivity index (χ0n) is 13.3. The predicted molar refractivity (Wildman–Crippen MR) is 94.2 cm³/mol. The van der Waals surface area contributed by atoms with E-state index in [9.17, 15) is 5.26 Å². The largest absolute Gasteiger partial charge is 0.497 e. The highest BCUT2D eigenvalue weighted by molar-refractivity contribution is 7.08. The molecule has 0 saturated carbocycles. The molecule has 1 aromatic carbocycles. The number of rotatable bonds is 3. The first kappa shape index (κ1) is 15.3. The molecular formula is C18H14N4O2S. The summed E-state index contributed by atoms with van der Waals surface area (Å²) in [5, 5.41) is 20.9. The lowest BCUT2D eigenvalue weighted by molar-refractivity contribution is 0.379. The molecule has 25 heavy (non-hydrogen) atoms. The Morgan fingerprint density at radius 3 is 2.76 bits per heavy atom. The van der Waals surface area contributed by atoms with E-state index < -0.39 is 0 Å². The molecule has 3 N–H and O–H groups in total. The zero-order chi connectivity index (χ0) is 17.4. The number of aromatic nitrogens is 2. The highest BCUT2D eigenvalue weighted by atomic mass is 32.1. The summed E-state index contributed by atoms with van der Waals surface area (Å²) < 4.78 is 10.8. The van der Waals surface area contributed by atoms with Crippen LogP contribution in [0.25, 0.3) is 11.3 Å². The Morgan fingerprint density at radius 2 is 2.12 bits per heavy atom. The molecule has 6 nitrogen and oxygen atoms in total. The fourth-order valence-electron chi connectivity index (χ4n) is 3.00. The normalized spacial score (nSPS) is 16.1. The summed E-state index contributed by atoms with van der Waals surface area (Å²) in [5.74, 6) is 0.956. The topological polar surface area (TPSA) is 97.0 Å². The number of benzene rings is 1. The van der Waals surface area contributed by atoms with Crippen molar-refractivity contribution in [3.8, 4) is 29.0 Å². The van der Waals surface area contributed by atoms with E-state index in [1.54, 1.807) is 18.4 Å². The zero-order valence-corrected chi connectivity index (χ0v) is 14.1. The lowest BCUT2D eigenvalue weighted by Gasteiger charge is -2.23. The quantitative estimate of drug-likeness (QED) is 0.755. The third-order valence-corrected chi connectivity index (χ3v) is 4.90. The maximum atomic E-state index is 9.61.